The zero-order chi connectivity index (χ0) is 25.5. The molecule has 0 fully saturated rings. The molecule has 0 radical (unpaired) electrons. The molecule has 4 rings (SSSR count). The van der Waals surface area contributed by atoms with E-state index in [1.54, 1.807) is 30.1 Å². The fourth-order valence-electron chi connectivity index (χ4n) is 3.48. The first-order valence-corrected chi connectivity index (χ1v) is 11.5. The van der Waals surface area contributed by atoms with Crippen LogP contribution in [0.3, 0.4) is 0 Å². The molecule has 0 saturated heterocycles. The van der Waals surface area contributed by atoms with Gasteiger partial charge >= 0.3 is 0 Å². The number of hydrogen-bond donors (Lipinski definition) is 2. The van der Waals surface area contributed by atoms with Crippen molar-refractivity contribution in [1.29, 1.82) is 0 Å². The van der Waals surface area contributed by atoms with E-state index in [0.717, 1.165) is 27.9 Å². The highest BCUT2D eigenvalue weighted by atomic mass is 16.5. The zero-order valence-corrected chi connectivity index (χ0v) is 20.3. The molecule has 0 bridgehead atoms. The summed E-state index contributed by atoms with van der Waals surface area (Å²) in [7, 11) is 0. The first-order valence-electron chi connectivity index (χ1n) is 11.5. The SMILES string of the molecule is Cc1cccc(OC(C)C(=O)NNC(=O)/C=C/c2cn(-c3ccccc3)nc2-c2cccnc2)c1C. The van der Waals surface area contributed by atoms with Crippen molar-refractivity contribution >= 4 is 17.9 Å². The average Bonchev–Trinajstić information content (AvgIpc) is 3.34. The van der Waals surface area contributed by atoms with Gasteiger partial charge in [0.05, 0.1) is 5.69 Å². The Balaban J connectivity index is 1.43. The van der Waals surface area contributed by atoms with E-state index in [0.29, 0.717) is 11.4 Å². The van der Waals surface area contributed by atoms with Crippen LogP contribution in [0.15, 0.2) is 85.3 Å². The van der Waals surface area contributed by atoms with Crippen LogP contribution < -0.4 is 15.6 Å². The van der Waals surface area contributed by atoms with Crippen LogP contribution in [0, 0.1) is 13.8 Å². The number of pyridine rings is 1. The molecule has 0 aliphatic rings. The molecule has 0 aliphatic carbocycles. The number of ether oxygens (including phenoxy) is 1. The molecule has 2 heterocycles. The van der Waals surface area contributed by atoms with Crippen molar-refractivity contribution in [3.8, 4) is 22.7 Å². The van der Waals surface area contributed by atoms with E-state index in [9.17, 15) is 9.59 Å². The average molecular weight is 482 g/mol. The van der Waals surface area contributed by atoms with Gasteiger partial charge in [-0.3, -0.25) is 25.4 Å². The smallest absolute Gasteiger partial charge is 0.279 e. The van der Waals surface area contributed by atoms with Crippen LogP contribution in [0.5, 0.6) is 5.75 Å². The highest BCUT2D eigenvalue weighted by molar-refractivity contribution is 5.94. The molecule has 36 heavy (non-hydrogen) atoms. The summed E-state index contributed by atoms with van der Waals surface area (Å²) in [6.45, 7) is 5.53. The van der Waals surface area contributed by atoms with Crippen LogP contribution in [0.4, 0.5) is 0 Å². The van der Waals surface area contributed by atoms with Crippen molar-refractivity contribution in [3.63, 3.8) is 0 Å². The maximum absolute atomic E-state index is 12.4. The van der Waals surface area contributed by atoms with Crippen LogP contribution >= 0.6 is 0 Å². The lowest BCUT2D eigenvalue weighted by Crippen LogP contribution is -2.46. The summed E-state index contributed by atoms with van der Waals surface area (Å²) >= 11 is 0. The number of carbonyl (C=O) groups is 2. The molecule has 2 amide bonds. The summed E-state index contributed by atoms with van der Waals surface area (Å²) in [5.74, 6) is -0.334. The molecule has 2 aromatic carbocycles. The van der Waals surface area contributed by atoms with Crippen LogP contribution in [-0.2, 0) is 9.59 Å². The third-order valence-electron chi connectivity index (χ3n) is 5.65. The number of hydrogen-bond acceptors (Lipinski definition) is 5. The van der Waals surface area contributed by atoms with Crippen molar-refractivity contribution < 1.29 is 14.3 Å². The minimum absolute atomic E-state index is 0.467. The summed E-state index contributed by atoms with van der Waals surface area (Å²) in [6.07, 6.45) is 7.42. The van der Waals surface area contributed by atoms with Gasteiger partial charge in [0.1, 0.15) is 11.4 Å². The molecule has 1 atom stereocenters. The van der Waals surface area contributed by atoms with E-state index in [1.165, 1.54) is 6.08 Å². The van der Waals surface area contributed by atoms with Gasteiger partial charge in [-0.05, 0) is 68.3 Å². The van der Waals surface area contributed by atoms with Crippen molar-refractivity contribution in [2.75, 3.05) is 0 Å². The third-order valence-corrected chi connectivity index (χ3v) is 5.65. The Morgan fingerprint density at radius 3 is 2.56 bits per heavy atom. The molecule has 2 N–H and O–H groups in total. The second-order valence-corrected chi connectivity index (χ2v) is 8.22. The Morgan fingerprint density at radius 2 is 1.81 bits per heavy atom. The number of benzene rings is 2. The Labute approximate surface area is 209 Å². The summed E-state index contributed by atoms with van der Waals surface area (Å²) in [5, 5.41) is 4.69. The highest BCUT2D eigenvalue weighted by Gasteiger charge is 2.16. The van der Waals surface area contributed by atoms with Crippen molar-refractivity contribution in [2.24, 2.45) is 0 Å². The number of aromatic nitrogens is 3. The first kappa shape index (κ1) is 24.4. The number of hydrazine groups is 1. The first-order chi connectivity index (χ1) is 17.4. The van der Waals surface area contributed by atoms with E-state index in [1.807, 2.05) is 80.7 Å². The number of para-hydroxylation sites is 1. The van der Waals surface area contributed by atoms with Gasteiger partial charge in [-0.25, -0.2) is 4.68 Å². The zero-order valence-electron chi connectivity index (χ0n) is 20.3. The van der Waals surface area contributed by atoms with E-state index in [2.05, 4.69) is 20.9 Å². The second-order valence-electron chi connectivity index (χ2n) is 8.22. The van der Waals surface area contributed by atoms with E-state index >= 15 is 0 Å². The number of aryl methyl sites for hydroxylation is 1. The lowest BCUT2D eigenvalue weighted by molar-refractivity contribution is -0.131. The molecule has 0 spiro atoms. The monoisotopic (exact) mass is 481 g/mol. The maximum atomic E-state index is 12.4. The van der Waals surface area contributed by atoms with Gasteiger partial charge in [0, 0.05) is 35.8 Å². The predicted octanol–water partition coefficient (Wildman–Crippen LogP) is 4.18. The quantitative estimate of drug-likeness (QED) is 0.305. The predicted molar refractivity (Wildman–Crippen MR) is 138 cm³/mol. The van der Waals surface area contributed by atoms with E-state index in [4.69, 9.17) is 4.74 Å². The van der Waals surface area contributed by atoms with Gasteiger partial charge in [0.15, 0.2) is 6.10 Å². The van der Waals surface area contributed by atoms with Crippen molar-refractivity contribution in [1.82, 2.24) is 25.6 Å². The second kappa shape index (κ2) is 11.1. The number of nitrogens with one attached hydrogen (secondary N) is 2. The molecular weight excluding hydrogens is 454 g/mol. The van der Waals surface area contributed by atoms with E-state index in [-0.39, 0.29) is 0 Å². The molecule has 182 valence electrons. The fourth-order valence-corrected chi connectivity index (χ4v) is 3.48. The Hall–Kier alpha value is -4.72. The minimum Gasteiger partial charge on any atom is -0.481 e. The third kappa shape index (κ3) is 5.85. The van der Waals surface area contributed by atoms with Crippen LogP contribution in [0.25, 0.3) is 23.0 Å². The standard InChI is InChI=1S/C28H27N5O3/c1-19-9-7-13-25(20(19)2)36-21(3)28(35)31-30-26(34)15-14-23-18-33(24-11-5-4-6-12-24)32-27(23)22-10-8-16-29-17-22/h4-18,21H,1-3H3,(H,30,34)(H,31,35)/b15-14+. The Kier molecular flexibility index (Phi) is 7.55. The summed E-state index contributed by atoms with van der Waals surface area (Å²) in [6, 6.07) is 19.1. The largest absolute Gasteiger partial charge is 0.481 e. The van der Waals surface area contributed by atoms with Crippen molar-refractivity contribution in [2.45, 2.75) is 26.9 Å². The number of amides is 2. The number of carbonyl (C=O) groups excluding carboxylic acids is 2. The van der Waals surface area contributed by atoms with E-state index < -0.39 is 17.9 Å². The Bertz CT molecular complexity index is 1380. The molecule has 8 heteroatoms. The summed E-state index contributed by atoms with van der Waals surface area (Å²) < 4.78 is 7.50. The molecule has 0 aliphatic heterocycles. The Morgan fingerprint density at radius 1 is 1.00 bits per heavy atom. The number of nitrogens with zero attached hydrogens (tertiary/aromatic N) is 3. The molecule has 4 aromatic rings. The van der Waals surface area contributed by atoms with Crippen LogP contribution in [0.2, 0.25) is 0 Å². The van der Waals surface area contributed by atoms with Gasteiger partial charge in [-0.15, -0.1) is 0 Å². The van der Waals surface area contributed by atoms with Gasteiger partial charge in [-0.1, -0.05) is 30.3 Å². The van der Waals surface area contributed by atoms with Gasteiger partial charge in [0.25, 0.3) is 11.8 Å². The van der Waals surface area contributed by atoms with Crippen LogP contribution in [-0.4, -0.2) is 32.7 Å². The minimum atomic E-state index is -0.795. The molecule has 0 saturated carbocycles. The summed E-state index contributed by atoms with van der Waals surface area (Å²) in [4.78, 5) is 29.0. The molecular formula is C28H27N5O3. The molecule has 2 aromatic heterocycles. The molecule has 8 nitrogen and oxygen atoms in total. The molecule has 1 unspecified atom stereocenters. The van der Waals surface area contributed by atoms with Gasteiger partial charge in [0.2, 0.25) is 0 Å². The summed E-state index contributed by atoms with van der Waals surface area (Å²) in [5.41, 5.74) is 9.94. The van der Waals surface area contributed by atoms with Gasteiger partial charge in [-0.2, -0.15) is 5.10 Å². The topological polar surface area (TPSA) is 98.1 Å². The highest BCUT2D eigenvalue weighted by Crippen LogP contribution is 2.24. The van der Waals surface area contributed by atoms with Gasteiger partial charge < -0.3 is 4.74 Å². The van der Waals surface area contributed by atoms with Crippen molar-refractivity contribution in [3.05, 3.63) is 102 Å². The lowest BCUT2D eigenvalue weighted by atomic mass is 10.1. The fraction of sp³-hybridized carbons (Fsp3) is 0.143. The normalized spacial score (nSPS) is 11.8. The van der Waals surface area contributed by atoms with Crippen LogP contribution in [0.1, 0.15) is 23.6 Å². The maximum Gasteiger partial charge on any atom is 0.279 e. The number of rotatable bonds is 7. The lowest BCUT2D eigenvalue weighted by Gasteiger charge is -2.17.